The van der Waals surface area contributed by atoms with Crippen molar-refractivity contribution in [2.75, 3.05) is 18.1 Å². The molecule has 1 heterocycles. The molecule has 4 heteroatoms. The van der Waals surface area contributed by atoms with Crippen molar-refractivity contribution >= 4 is 11.5 Å². The van der Waals surface area contributed by atoms with Gasteiger partial charge in [-0.25, -0.2) is 0 Å². The lowest BCUT2D eigenvalue weighted by atomic mass is 10.4. The highest BCUT2D eigenvalue weighted by Crippen LogP contribution is 2.16. The van der Waals surface area contributed by atoms with E-state index in [2.05, 4.69) is 4.98 Å². The lowest BCUT2D eigenvalue weighted by Gasteiger charge is -2.04. The molecule has 12 heavy (non-hydrogen) atoms. The molecule has 0 aliphatic rings. The molecule has 0 unspecified atom stereocenters. The number of anilines is 2. The zero-order chi connectivity index (χ0) is 8.97. The summed E-state index contributed by atoms with van der Waals surface area (Å²) in [5.41, 5.74) is 11.4. The molecular formula is C8H13N3O. The zero-order valence-electron chi connectivity index (χ0n) is 7.08. The van der Waals surface area contributed by atoms with E-state index in [4.69, 9.17) is 16.2 Å². The molecule has 0 radical (unpaired) electrons. The second-order valence-electron chi connectivity index (χ2n) is 2.47. The minimum atomic E-state index is 0.323. The second-order valence-corrected chi connectivity index (χ2v) is 2.47. The van der Waals surface area contributed by atoms with Crippen LogP contribution in [0.2, 0.25) is 0 Å². The van der Waals surface area contributed by atoms with Crippen molar-refractivity contribution < 1.29 is 4.74 Å². The first-order chi connectivity index (χ1) is 5.74. The lowest BCUT2D eigenvalue weighted by molar-refractivity contribution is 0.306. The SMILES string of the molecule is CCCOc1ccc(N)c(N)n1. The second kappa shape index (κ2) is 3.80. The van der Waals surface area contributed by atoms with E-state index in [1.165, 1.54) is 0 Å². The van der Waals surface area contributed by atoms with Crippen LogP contribution < -0.4 is 16.2 Å². The van der Waals surface area contributed by atoms with E-state index in [1.807, 2.05) is 6.92 Å². The molecule has 0 amide bonds. The zero-order valence-corrected chi connectivity index (χ0v) is 7.08. The Hall–Kier alpha value is -1.45. The average Bonchev–Trinajstić information content (AvgIpc) is 2.07. The Morgan fingerprint density at radius 3 is 2.75 bits per heavy atom. The van der Waals surface area contributed by atoms with Gasteiger partial charge in [-0.15, -0.1) is 0 Å². The summed E-state index contributed by atoms with van der Waals surface area (Å²) < 4.78 is 5.24. The van der Waals surface area contributed by atoms with Crippen LogP contribution in [0.15, 0.2) is 12.1 Å². The van der Waals surface area contributed by atoms with Crippen molar-refractivity contribution in [3.63, 3.8) is 0 Å². The summed E-state index contributed by atoms with van der Waals surface area (Å²) in [6, 6.07) is 3.40. The molecular weight excluding hydrogens is 154 g/mol. The third-order valence-electron chi connectivity index (χ3n) is 1.39. The molecule has 0 bridgehead atoms. The minimum Gasteiger partial charge on any atom is -0.478 e. The Kier molecular flexibility index (Phi) is 2.74. The van der Waals surface area contributed by atoms with E-state index < -0.39 is 0 Å². The molecule has 1 rings (SSSR count). The Morgan fingerprint density at radius 1 is 1.42 bits per heavy atom. The van der Waals surface area contributed by atoms with E-state index in [0.717, 1.165) is 6.42 Å². The number of pyridine rings is 1. The first-order valence-corrected chi connectivity index (χ1v) is 3.89. The van der Waals surface area contributed by atoms with Gasteiger partial charge in [0, 0.05) is 6.07 Å². The van der Waals surface area contributed by atoms with Gasteiger partial charge in [0.25, 0.3) is 0 Å². The van der Waals surface area contributed by atoms with E-state index >= 15 is 0 Å². The molecule has 4 nitrogen and oxygen atoms in total. The Balaban J connectivity index is 2.69. The fourth-order valence-corrected chi connectivity index (χ4v) is 0.754. The molecule has 0 atom stereocenters. The normalized spacial score (nSPS) is 9.75. The maximum atomic E-state index is 5.48. The molecule has 0 aliphatic heterocycles. The van der Waals surface area contributed by atoms with Crippen molar-refractivity contribution in [3.8, 4) is 5.88 Å². The molecule has 0 aliphatic carbocycles. The van der Waals surface area contributed by atoms with Crippen LogP contribution in [-0.4, -0.2) is 11.6 Å². The van der Waals surface area contributed by atoms with Gasteiger partial charge in [0.1, 0.15) is 0 Å². The quantitative estimate of drug-likeness (QED) is 0.705. The molecule has 1 aromatic rings. The highest BCUT2D eigenvalue weighted by molar-refractivity contribution is 5.58. The maximum Gasteiger partial charge on any atom is 0.215 e. The largest absolute Gasteiger partial charge is 0.478 e. The number of rotatable bonds is 3. The standard InChI is InChI=1S/C8H13N3O/c1-2-5-12-7-4-3-6(9)8(10)11-7/h3-4H,2,5,9H2,1H3,(H2,10,11). The number of hydrogen-bond donors (Lipinski definition) is 2. The third-order valence-corrected chi connectivity index (χ3v) is 1.39. The highest BCUT2D eigenvalue weighted by atomic mass is 16.5. The number of ether oxygens (including phenoxy) is 1. The first kappa shape index (κ1) is 8.64. The van der Waals surface area contributed by atoms with Gasteiger partial charge in [0.2, 0.25) is 5.88 Å². The predicted molar refractivity (Wildman–Crippen MR) is 48.8 cm³/mol. The van der Waals surface area contributed by atoms with Crippen LogP contribution in [0.5, 0.6) is 5.88 Å². The first-order valence-electron chi connectivity index (χ1n) is 3.89. The van der Waals surface area contributed by atoms with E-state index in [1.54, 1.807) is 12.1 Å². The lowest BCUT2D eigenvalue weighted by Crippen LogP contribution is -2.02. The van der Waals surface area contributed by atoms with Crippen molar-refractivity contribution in [1.82, 2.24) is 4.98 Å². The van der Waals surface area contributed by atoms with Gasteiger partial charge in [0.05, 0.1) is 12.3 Å². The number of nitrogen functional groups attached to an aromatic ring is 2. The third kappa shape index (κ3) is 2.02. The molecule has 0 saturated carbocycles. The van der Waals surface area contributed by atoms with Crippen molar-refractivity contribution in [3.05, 3.63) is 12.1 Å². The van der Waals surface area contributed by atoms with Gasteiger partial charge in [0.15, 0.2) is 5.82 Å². The minimum absolute atomic E-state index is 0.323. The fraction of sp³-hybridized carbons (Fsp3) is 0.375. The van der Waals surface area contributed by atoms with Crippen molar-refractivity contribution in [2.45, 2.75) is 13.3 Å². The van der Waals surface area contributed by atoms with Gasteiger partial charge >= 0.3 is 0 Å². The van der Waals surface area contributed by atoms with Gasteiger partial charge in [-0.05, 0) is 12.5 Å². The maximum absolute atomic E-state index is 5.48. The molecule has 0 fully saturated rings. The molecule has 0 aromatic carbocycles. The fourth-order valence-electron chi connectivity index (χ4n) is 0.754. The number of aromatic nitrogens is 1. The number of nitrogens with two attached hydrogens (primary N) is 2. The summed E-state index contributed by atoms with van der Waals surface area (Å²) in [6.07, 6.45) is 0.950. The Labute approximate surface area is 71.5 Å². The number of hydrogen-bond acceptors (Lipinski definition) is 4. The smallest absolute Gasteiger partial charge is 0.215 e. The van der Waals surface area contributed by atoms with Crippen molar-refractivity contribution in [2.24, 2.45) is 0 Å². The summed E-state index contributed by atoms with van der Waals surface area (Å²) >= 11 is 0. The van der Waals surface area contributed by atoms with Gasteiger partial charge in [-0.2, -0.15) is 4.98 Å². The Morgan fingerprint density at radius 2 is 2.17 bits per heavy atom. The van der Waals surface area contributed by atoms with Crippen LogP contribution in [0.4, 0.5) is 11.5 Å². The predicted octanol–water partition coefficient (Wildman–Crippen LogP) is 1.03. The van der Waals surface area contributed by atoms with E-state index in [0.29, 0.717) is 24.0 Å². The summed E-state index contributed by atoms with van der Waals surface area (Å²) in [6.45, 7) is 2.68. The van der Waals surface area contributed by atoms with Crippen LogP contribution >= 0.6 is 0 Å². The monoisotopic (exact) mass is 167 g/mol. The molecule has 1 aromatic heterocycles. The van der Waals surface area contributed by atoms with Crippen LogP contribution in [0, 0.1) is 0 Å². The van der Waals surface area contributed by atoms with Crippen LogP contribution in [0.25, 0.3) is 0 Å². The van der Waals surface area contributed by atoms with Crippen LogP contribution in [-0.2, 0) is 0 Å². The molecule has 0 spiro atoms. The van der Waals surface area contributed by atoms with Gasteiger partial charge in [-0.3, -0.25) is 0 Å². The topological polar surface area (TPSA) is 74.2 Å². The summed E-state index contributed by atoms with van der Waals surface area (Å²) in [5, 5.41) is 0. The van der Waals surface area contributed by atoms with E-state index in [9.17, 15) is 0 Å². The highest BCUT2D eigenvalue weighted by Gasteiger charge is 1.98. The molecule has 0 saturated heterocycles. The summed E-state index contributed by atoms with van der Waals surface area (Å²) in [7, 11) is 0. The molecule has 66 valence electrons. The average molecular weight is 167 g/mol. The van der Waals surface area contributed by atoms with Gasteiger partial charge < -0.3 is 16.2 Å². The summed E-state index contributed by atoms with van der Waals surface area (Å²) in [4.78, 5) is 3.94. The Bertz CT molecular complexity index is 262. The molecule has 4 N–H and O–H groups in total. The van der Waals surface area contributed by atoms with Crippen LogP contribution in [0.1, 0.15) is 13.3 Å². The van der Waals surface area contributed by atoms with Crippen LogP contribution in [0.3, 0.4) is 0 Å². The van der Waals surface area contributed by atoms with E-state index in [-0.39, 0.29) is 0 Å². The summed E-state index contributed by atoms with van der Waals surface area (Å²) in [5.74, 6) is 0.854. The number of nitrogens with zero attached hydrogens (tertiary/aromatic N) is 1. The van der Waals surface area contributed by atoms with Crippen molar-refractivity contribution in [1.29, 1.82) is 0 Å². The van der Waals surface area contributed by atoms with Gasteiger partial charge in [-0.1, -0.05) is 6.92 Å².